The van der Waals surface area contributed by atoms with Gasteiger partial charge in [-0.2, -0.15) is 0 Å². The minimum absolute atomic E-state index is 0.421. The molecule has 14 heavy (non-hydrogen) atoms. The van der Waals surface area contributed by atoms with Crippen LogP contribution in [0, 0.1) is 12.3 Å². The first-order valence-corrected chi connectivity index (χ1v) is 4.24. The Morgan fingerprint density at radius 2 is 2.07 bits per heavy atom. The van der Waals surface area contributed by atoms with Crippen molar-refractivity contribution in [3.8, 4) is 12.3 Å². The average Bonchev–Trinajstić information content (AvgIpc) is 2.18. The molecule has 0 saturated carbocycles. The van der Waals surface area contributed by atoms with Crippen LogP contribution in [0.25, 0.3) is 0 Å². The highest BCUT2D eigenvalue weighted by molar-refractivity contribution is 5.64. The molecule has 0 bridgehead atoms. The maximum Gasteiger partial charge on any atom is 0.404 e. The molecule has 72 valence electrons. The third-order valence-electron chi connectivity index (χ3n) is 1.81. The second kappa shape index (κ2) is 4.93. The van der Waals surface area contributed by atoms with Crippen LogP contribution in [0.3, 0.4) is 0 Å². The first-order chi connectivity index (χ1) is 6.72. The van der Waals surface area contributed by atoms with E-state index in [0.29, 0.717) is 13.0 Å². The number of rotatable bonds is 3. The fourth-order valence-electron chi connectivity index (χ4n) is 1.08. The monoisotopic (exact) mass is 189 g/mol. The number of hydrogen-bond donors (Lipinski definition) is 2. The van der Waals surface area contributed by atoms with Crippen LogP contribution in [0.15, 0.2) is 24.3 Å². The van der Waals surface area contributed by atoms with Crippen molar-refractivity contribution in [3.63, 3.8) is 0 Å². The number of terminal acetylenes is 1. The summed E-state index contributed by atoms with van der Waals surface area (Å²) >= 11 is 0. The second-order valence-electron chi connectivity index (χ2n) is 2.82. The van der Waals surface area contributed by atoms with E-state index in [4.69, 9.17) is 11.5 Å². The fraction of sp³-hybridized carbons (Fsp3) is 0.182. The van der Waals surface area contributed by atoms with Gasteiger partial charge in [-0.25, -0.2) is 4.79 Å². The van der Waals surface area contributed by atoms with Gasteiger partial charge in [0.1, 0.15) is 0 Å². The molecule has 1 aromatic carbocycles. The molecule has 0 aliphatic rings. The second-order valence-corrected chi connectivity index (χ2v) is 2.82. The standard InChI is InChI=1S/C11H11NO2/c1-2-9-3-5-10(6-4-9)7-8-12-11(13)14/h1,3-6,12H,7-8H2,(H,13,14). The lowest BCUT2D eigenvalue weighted by atomic mass is 10.1. The van der Waals surface area contributed by atoms with E-state index in [9.17, 15) is 4.79 Å². The summed E-state index contributed by atoms with van der Waals surface area (Å²) in [6.07, 6.45) is 4.88. The lowest BCUT2D eigenvalue weighted by Crippen LogP contribution is -2.23. The summed E-state index contributed by atoms with van der Waals surface area (Å²) in [7, 11) is 0. The molecule has 0 radical (unpaired) electrons. The molecule has 0 atom stereocenters. The Hall–Kier alpha value is -1.95. The van der Waals surface area contributed by atoms with Crippen molar-refractivity contribution < 1.29 is 9.90 Å². The summed E-state index contributed by atoms with van der Waals surface area (Å²) in [6.45, 7) is 0.421. The summed E-state index contributed by atoms with van der Waals surface area (Å²) in [4.78, 5) is 10.2. The summed E-state index contributed by atoms with van der Waals surface area (Å²) in [6, 6.07) is 7.49. The number of nitrogens with one attached hydrogen (secondary N) is 1. The van der Waals surface area contributed by atoms with Crippen LogP contribution in [0.4, 0.5) is 4.79 Å². The molecular weight excluding hydrogens is 178 g/mol. The molecule has 0 spiro atoms. The Bertz CT molecular complexity index is 349. The van der Waals surface area contributed by atoms with E-state index in [1.165, 1.54) is 0 Å². The van der Waals surface area contributed by atoms with Gasteiger partial charge in [0.15, 0.2) is 0 Å². The maximum absolute atomic E-state index is 10.2. The van der Waals surface area contributed by atoms with Gasteiger partial charge in [-0.3, -0.25) is 0 Å². The van der Waals surface area contributed by atoms with Crippen molar-refractivity contribution >= 4 is 6.09 Å². The zero-order chi connectivity index (χ0) is 10.4. The maximum atomic E-state index is 10.2. The van der Waals surface area contributed by atoms with Gasteiger partial charge in [0, 0.05) is 12.1 Å². The van der Waals surface area contributed by atoms with Gasteiger partial charge in [0.2, 0.25) is 0 Å². The van der Waals surface area contributed by atoms with Gasteiger partial charge >= 0.3 is 6.09 Å². The molecule has 0 saturated heterocycles. The molecule has 3 heteroatoms. The first-order valence-electron chi connectivity index (χ1n) is 4.24. The zero-order valence-electron chi connectivity index (χ0n) is 7.66. The Kier molecular flexibility index (Phi) is 3.57. The average molecular weight is 189 g/mol. The molecule has 0 aliphatic carbocycles. The van der Waals surface area contributed by atoms with Crippen LogP contribution in [-0.4, -0.2) is 17.7 Å². The molecule has 0 aromatic heterocycles. The van der Waals surface area contributed by atoms with Crippen LogP contribution in [-0.2, 0) is 6.42 Å². The van der Waals surface area contributed by atoms with Gasteiger partial charge in [0.05, 0.1) is 0 Å². The van der Waals surface area contributed by atoms with Crippen LogP contribution >= 0.6 is 0 Å². The molecular formula is C11H11NO2. The van der Waals surface area contributed by atoms with E-state index < -0.39 is 6.09 Å². The van der Waals surface area contributed by atoms with Crippen LogP contribution in [0.2, 0.25) is 0 Å². The Morgan fingerprint density at radius 1 is 1.43 bits per heavy atom. The third kappa shape index (κ3) is 3.20. The zero-order valence-corrected chi connectivity index (χ0v) is 7.66. The Morgan fingerprint density at radius 3 is 2.57 bits per heavy atom. The number of amides is 1. The quantitative estimate of drug-likeness (QED) is 0.707. The van der Waals surface area contributed by atoms with E-state index >= 15 is 0 Å². The highest BCUT2D eigenvalue weighted by Gasteiger charge is 1.95. The molecule has 0 aliphatic heterocycles. The summed E-state index contributed by atoms with van der Waals surface area (Å²) in [5.41, 5.74) is 1.90. The molecule has 2 N–H and O–H groups in total. The lowest BCUT2D eigenvalue weighted by molar-refractivity contribution is 0.194. The van der Waals surface area contributed by atoms with Crippen molar-refractivity contribution in [3.05, 3.63) is 35.4 Å². The minimum atomic E-state index is -0.995. The van der Waals surface area contributed by atoms with Gasteiger partial charge in [-0.05, 0) is 24.1 Å². The Labute approximate surface area is 82.8 Å². The molecule has 1 amide bonds. The summed E-state index contributed by atoms with van der Waals surface area (Å²) in [5.74, 6) is 2.52. The highest BCUT2D eigenvalue weighted by atomic mass is 16.4. The van der Waals surface area contributed by atoms with Crippen molar-refractivity contribution in [2.75, 3.05) is 6.54 Å². The van der Waals surface area contributed by atoms with Gasteiger partial charge in [-0.15, -0.1) is 6.42 Å². The lowest BCUT2D eigenvalue weighted by Gasteiger charge is -2.01. The van der Waals surface area contributed by atoms with E-state index in [2.05, 4.69) is 11.2 Å². The van der Waals surface area contributed by atoms with Gasteiger partial charge in [-0.1, -0.05) is 18.1 Å². The topological polar surface area (TPSA) is 49.3 Å². The third-order valence-corrected chi connectivity index (χ3v) is 1.81. The number of benzene rings is 1. The normalized spacial score (nSPS) is 9.07. The highest BCUT2D eigenvalue weighted by Crippen LogP contribution is 2.03. The molecule has 0 fully saturated rings. The fourth-order valence-corrected chi connectivity index (χ4v) is 1.08. The number of carbonyl (C=O) groups is 1. The van der Waals surface area contributed by atoms with Gasteiger partial charge in [0.25, 0.3) is 0 Å². The van der Waals surface area contributed by atoms with Gasteiger partial charge < -0.3 is 10.4 Å². The first kappa shape index (κ1) is 10.1. The predicted octanol–water partition coefficient (Wildman–Crippen LogP) is 1.48. The largest absolute Gasteiger partial charge is 0.465 e. The molecule has 3 nitrogen and oxygen atoms in total. The van der Waals surface area contributed by atoms with Crippen molar-refractivity contribution in [2.45, 2.75) is 6.42 Å². The summed E-state index contributed by atoms with van der Waals surface area (Å²) < 4.78 is 0. The Balaban J connectivity index is 2.45. The van der Waals surface area contributed by atoms with Crippen molar-refractivity contribution in [1.29, 1.82) is 0 Å². The van der Waals surface area contributed by atoms with Crippen LogP contribution < -0.4 is 5.32 Å². The molecule has 0 unspecified atom stereocenters. The SMILES string of the molecule is C#Cc1ccc(CCNC(=O)O)cc1. The summed E-state index contributed by atoms with van der Waals surface area (Å²) in [5, 5.41) is 10.6. The van der Waals surface area contributed by atoms with E-state index in [-0.39, 0.29) is 0 Å². The molecule has 1 aromatic rings. The van der Waals surface area contributed by atoms with Crippen LogP contribution in [0.1, 0.15) is 11.1 Å². The minimum Gasteiger partial charge on any atom is -0.465 e. The molecule has 0 heterocycles. The molecule has 1 rings (SSSR count). The van der Waals surface area contributed by atoms with E-state index in [0.717, 1.165) is 11.1 Å². The van der Waals surface area contributed by atoms with Crippen molar-refractivity contribution in [2.24, 2.45) is 0 Å². The number of hydrogen-bond acceptors (Lipinski definition) is 1. The number of carboxylic acid groups (broad SMARTS) is 1. The van der Waals surface area contributed by atoms with E-state index in [1.807, 2.05) is 24.3 Å². The van der Waals surface area contributed by atoms with Crippen LogP contribution in [0.5, 0.6) is 0 Å². The predicted molar refractivity (Wildman–Crippen MR) is 54.1 cm³/mol. The van der Waals surface area contributed by atoms with E-state index in [1.54, 1.807) is 0 Å². The van der Waals surface area contributed by atoms with Crippen molar-refractivity contribution in [1.82, 2.24) is 5.32 Å². The smallest absolute Gasteiger partial charge is 0.404 e.